The standard InChI is InChI=1S/C53H35N/c1-3-14-36(15-4-1)37-26-28-38(29-27-37)40-30-32-46-47-33-31-42(54(41-18-5-2-6-19-41)52-25-13-17-39-16-7-8-20-43(39)52)35-51(47)53(50(46)34-40)48-23-11-9-21-44(48)45-22-10-12-24-49(45)53/h1-35H. The quantitative estimate of drug-likeness (QED) is 0.174. The van der Waals surface area contributed by atoms with Gasteiger partial charge in [-0.15, -0.1) is 0 Å². The second-order valence-electron chi connectivity index (χ2n) is 14.4. The average Bonchev–Trinajstić information content (AvgIpc) is 3.71. The molecule has 0 aliphatic heterocycles. The van der Waals surface area contributed by atoms with Crippen molar-refractivity contribution in [2.24, 2.45) is 0 Å². The first-order chi connectivity index (χ1) is 26.8. The van der Waals surface area contributed by atoms with Gasteiger partial charge in [-0.25, -0.2) is 0 Å². The van der Waals surface area contributed by atoms with Gasteiger partial charge in [0.1, 0.15) is 0 Å². The summed E-state index contributed by atoms with van der Waals surface area (Å²) in [5.41, 5.74) is 18.4. The fourth-order valence-corrected chi connectivity index (χ4v) is 9.34. The molecule has 1 nitrogen and oxygen atoms in total. The van der Waals surface area contributed by atoms with Crippen molar-refractivity contribution in [1.82, 2.24) is 0 Å². The van der Waals surface area contributed by atoms with E-state index in [4.69, 9.17) is 0 Å². The van der Waals surface area contributed by atoms with E-state index >= 15 is 0 Å². The topological polar surface area (TPSA) is 3.24 Å². The largest absolute Gasteiger partial charge is 0.310 e. The SMILES string of the molecule is c1ccc(-c2ccc(-c3ccc4c(c3)C3(c5ccccc5-c5ccccc53)c3cc(N(c5ccccc5)c5cccc6ccccc56)ccc3-4)cc2)cc1. The van der Waals surface area contributed by atoms with Gasteiger partial charge in [0.15, 0.2) is 0 Å². The molecular weight excluding hydrogens is 651 g/mol. The minimum atomic E-state index is -0.477. The molecule has 2 aliphatic rings. The van der Waals surface area contributed by atoms with Gasteiger partial charge >= 0.3 is 0 Å². The number of anilines is 3. The monoisotopic (exact) mass is 685 g/mol. The molecule has 9 aromatic carbocycles. The second kappa shape index (κ2) is 12.0. The van der Waals surface area contributed by atoms with E-state index in [1.807, 2.05) is 0 Å². The summed E-state index contributed by atoms with van der Waals surface area (Å²) in [6.07, 6.45) is 0. The lowest BCUT2D eigenvalue weighted by Gasteiger charge is -2.32. The Kier molecular flexibility index (Phi) is 6.84. The molecule has 9 aromatic rings. The Labute approximate surface area is 316 Å². The first-order valence-corrected chi connectivity index (χ1v) is 18.8. The van der Waals surface area contributed by atoms with E-state index in [9.17, 15) is 0 Å². The van der Waals surface area contributed by atoms with Crippen molar-refractivity contribution >= 4 is 27.8 Å². The van der Waals surface area contributed by atoms with E-state index in [0.29, 0.717) is 0 Å². The van der Waals surface area contributed by atoms with Crippen LogP contribution in [0.15, 0.2) is 212 Å². The lowest BCUT2D eigenvalue weighted by molar-refractivity contribution is 0.794. The molecule has 0 amide bonds. The van der Waals surface area contributed by atoms with Crippen molar-refractivity contribution < 1.29 is 0 Å². The van der Waals surface area contributed by atoms with Crippen LogP contribution >= 0.6 is 0 Å². The van der Waals surface area contributed by atoms with Crippen LogP contribution in [0.3, 0.4) is 0 Å². The number of fused-ring (bicyclic) bond motifs is 11. The van der Waals surface area contributed by atoms with Crippen molar-refractivity contribution in [2.75, 3.05) is 4.90 Å². The molecule has 0 atom stereocenters. The molecule has 0 unspecified atom stereocenters. The summed E-state index contributed by atoms with van der Waals surface area (Å²) < 4.78 is 0. The number of hydrogen-bond donors (Lipinski definition) is 0. The minimum Gasteiger partial charge on any atom is -0.310 e. The Balaban J connectivity index is 1.16. The number of benzene rings is 9. The zero-order valence-electron chi connectivity index (χ0n) is 29.7. The molecule has 0 N–H and O–H groups in total. The lowest BCUT2D eigenvalue weighted by atomic mass is 9.70. The maximum absolute atomic E-state index is 2.48. The molecule has 0 saturated carbocycles. The van der Waals surface area contributed by atoms with E-state index in [-0.39, 0.29) is 0 Å². The van der Waals surface area contributed by atoms with Crippen LogP contribution < -0.4 is 4.90 Å². The summed E-state index contributed by atoms with van der Waals surface area (Å²) in [7, 11) is 0. The van der Waals surface area contributed by atoms with Crippen molar-refractivity contribution in [3.63, 3.8) is 0 Å². The molecule has 0 fully saturated rings. The maximum atomic E-state index is 2.48. The highest BCUT2D eigenvalue weighted by molar-refractivity contribution is 6.01. The van der Waals surface area contributed by atoms with Crippen LogP contribution in [0.5, 0.6) is 0 Å². The van der Waals surface area contributed by atoms with Crippen molar-refractivity contribution in [2.45, 2.75) is 5.41 Å². The molecule has 0 heterocycles. The summed E-state index contributed by atoms with van der Waals surface area (Å²) in [5.74, 6) is 0. The highest BCUT2D eigenvalue weighted by atomic mass is 15.1. The Hall–Kier alpha value is -6.96. The Morgan fingerprint density at radius 1 is 0.296 bits per heavy atom. The van der Waals surface area contributed by atoms with Crippen LogP contribution in [0.4, 0.5) is 17.1 Å². The summed E-state index contributed by atoms with van der Waals surface area (Å²) >= 11 is 0. The smallest absolute Gasteiger partial charge is 0.0726 e. The van der Waals surface area contributed by atoms with Gasteiger partial charge in [0, 0.05) is 16.8 Å². The average molecular weight is 686 g/mol. The highest BCUT2D eigenvalue weighted by Gasteiger charge is 2.52. The van der Waals surface area contributed by atoms with Crippen LogP contribution in [0, 0.1) is 0 Å². The number of para-hydroxylation sites is 1. The summed E-state index contributed by atoms with van der Waals surface area (Å²) in [6, 6.07) is 78.3. The Morgan fingerprint density at radius 2 is 0.796 bits per heavy atom. The Bertz CT molecular complexity index is 2820. The van der Waals surface area contributed by atoms with Crippen LogP contribution in [0.1, 0.15) is 22.3 Å². The third-order valence-corrected chi connectivity index (χ3v) is 11.7. The van der Waals surface area contributed by atoms with Gasteiger partial charge in [0.2, 0.25) is 0 Å². The van der Waals surface area contributed by atoms with Gasteiger partial charge < -0.3 is 4.90 Å². The predicted octanol–water partition coefficient (Wildman–Crippen LogP) is 14.0. The molecular formula is C53H35N. The Morgan fingerprint density at radius 3 is 1.52 bits per heavy atom. The van der Waals surface area contributed by atoms with Crippen molar-refractivity contribution in [3.05, 3.63) is 235 Å². The molecule has 54 heavy (non-hydrogen) atoms. The molecule has 11 rings (SSSR count). The van der Waals surface area contributed by atoms with Gasteiger partial charge in [-0.2, -0.15) is 0 Å². The van der Waals surface area contributed by atoms with Gasteiger partial charge in [-0.05, 0) is 109 Å². The second-order valence-corrected chi connectivity index (χ2v) is 14.4. The molecule has 252 valence electrons. The van der Waals surface area contributed by atoms with E-state index in [1.165, 1.54) is 77.5 Å². The molecule has 2 aliphatic carbocycles. The molecule has 0 bridgehead atoms. The fraction of sp³-hybridized carbons (Fsp3) is 0.0189. The first kappa shape index (κ1) is 30.6. The third kappa shape index (κ3) is 4.45. The predicted molar refractivity (Wildman–Crippen MR) is 226 cm³/mol. The molecule has 0 radical (unpaired) electrons. The molecule has 1 spiro atoms. The molecule has 1 heteroatoms. The van der Waals surface area contributed by atoms with Gasteiger partial charge in [0.05, 0.1) is 11.1 Å². The van der Waals surface area contributed by atoms with E-state index in [0.717, 1.165) is 17.1 Å². The highest BCUT2D eigenvalue weighted by Crippen LogP contribution is 2.63. The summed E-state index contributed by atoms with van der Waals surface area (Å²) in [6.45, 7) is 0. The van der Waals surface area contributed by atoms with Gasteiger partial charge in [0.25, 0.3) is 0 Å². The number of rotatable bonds is 5. The third-order valence-electron chi connectivity index (χ3n) is 11.7. The molecule has 0 aromatic heterocycles. The maximum Gasteiger partial charge on any atom is 0.0726 e. The van der Waals surface area contributed by atoms with Crippen molar-refractivity contribution in [1.29, 1.82) is 0 Å². The first-order valence-electron chi connectivity index (χ1n) is 18.8. The van der Waals surface area contributed by atoms with Crippen LogP contribution in [-0.2, 0) is 5.41 Å². The normalized spacial score (nSPS) is 13.0. The van der Waals surface area contributed by atoms with Gasteiger partial charge in [-0.3, -0.25) is 0 Å². The van der Waals surface area contributed by atoms with E-state index in [2.05, 4.69) is 217 Å². The van der Waals surface area contributed by atoms with Crippen LogP contribution in [0.25, 0.3) is 55.3 Å². The lowest BCUT2D eigenvalue weighted by Crippen LogP contribution is -2.26. The summed E-state index contributed by atoms with van der Waals surface area (Å²) in [5, 5.41) is 2.45. The number of nitrogens with zero attached hydrogens (tertiary/aromatic N) is 1. The zero-order valence-corrected chi connectivity index (χ0v) is 29.7. The van der Waals surface area contributed by atoms with E-state index in [1.54, 1.807) is 0 Å². The summed E-state index contributed by atoms with van der Waals surface area (Å²) in [4.78, 5) is 2.44. The number of hydrogen-bond acceptors (Lipinski definition) is 1. The fourth-order valence-electron chi connectivity index (χ4n) is 9.34. The van der Waals surface area contributed by atoms with Crippen molar-refractivity contribution in [3.8, 4) is 44.5 Å². The molecule has 0 saturated heterocycles. The van der Waals surface area contributed by atoms with Crippen LogP contribution in [-0.4, -0.2) is 0 Å². The van der Waals surface area contributed by atoms with E-state index < -0.39 is 5.41 Å². The minimum absolute atomic E-state index is 0.477. The van der Waals surface area contributed by atoms with Gasteiger partial charge in [-0.1, -0.05) is 176 Å². The van der Waals surface area contributed by atoms with Crippen LogP contribution in [0.2, 0.25) is 0 Å². The zero-order chi connectivity index (χ0) is 35.6.